The number of allylic oxidation sites excluding steroid dienone is 2. The number of anilines is 1. The largest absolute Gasteiger partial charge is 0.502 e. The molecule has 4 aromatic rings. The predicted octanol–water partition coefficient (Wildman–Crippen LogP) is 3.48. The number of amides is 2. The number of aromatic nitrogens is 3. The van der Waals surface area contributed by atoms with Crippen molar-refractivity contribution in [1.82, 2.24) is 18.9 Å². The highest BCUT2D eigenvalue weighted by atomic mass is 35.5. The number of hydrazine groups is 1. The van der Waals surface area contributed by atoms with Crippen molar-refractivity contribution in [3.05, 3.63) is 115 Å². The Labute approximate surface area is 271 Å². The van der Waals surface area contributed by atoms with Crippen molar-refractivity contribution in [3.8, 4) is 17.2 Å². The van der Waals surface area contributed by atoms with Crippen molar-refractivity contribution < 1.29 is 28.6 Å². The summed E-state index contributed by atoms with van der Waals surface area (Å²) in [5.74, 6) is -3.83. The number of rotatable bonds is 6. The first-order valence-electron chi connectivity index (χ1n) is 14.7. The van der Waals surface area contributed by atoms with Gasteiger partial charge in [-0.25, -0.2) is 27.9 Å². The molecule has 47 heavy (non-hydrogen) atoms. The van der Waals surface area contributed by atoms with Crippen LogP contribution in [0.2, 0.25) is 5.02 Å². The van der Waals surface area contributed by atoms with E-state index in [1.54, 1.807) is 36.4 Å². The first kappa shape index (κ1) is 30.4. The number of benzene rings is 3. The van der Waals surface area contributed by atoms with Crippen molar-refractivity contribution in [2.75, 3.05) is 19.6 Å². The van der Waals surface area contributed by atoms with Gasteiger partial charge in [-0.05, 0) is 71.7 Å². The normalized spacial score (nSPS) is 23.1. The zero-order chi connectivity index (χ0) is 33.4. The minimum absolute atomic E-state index is 0.00710. The molecule has 0 bridgehead atoms. The summed E-state index contributed by atoms with van der Waals surface area (Å²) in [6, 6.07) is 14.2. The molecule has 3 heterocycles. The third-order valence-corrected chi connectivity index (χ3v) is 9.80. The van der Waals surface area contributed by atoms with Gasteiger partial charge >= 0.3 is 11.4 Å². The van der Waals surface area contributed by atoms with Gasteiger partial charge in [-0.15, -0.1) is 0 Å². The number of nitrogens with one attached hydrogen (secondary N) is 1. The number of nitrogens with zero attached hydrogens (tertiary/aromatic N) is 4. The van der Waals surface area contributed by atoms with E-state index in [1.165, 1.54) is 54.9 Å². The standard InChI is InChI=1S/C33H29ClFN5O7/c1-37-31(44)38-13-12-22-24(40(38)32(37)45)16-23-29(42)39(36-21-10-8-20(35)9-11-21)30(43)33(23,18-4-6-19(34)7-5-18)27(22)17-14-25(46-2)28(41)26(15-17)47-3/h4-12,14-15,23-24,27,36,41H,13,16H2,1-3H3/t23-,24+,27-,33+/m0/s1. The summed E-state index contributed by atoms with van der Waals surface area (Å²) in [4.78, 5) is 56.2. The summed E-state index contributed by atoms with van der Waals surface area (Å²) in [6.07, 6.45) is 1.80. The van der Waals surface area contributed by atoms with E-state index in [4.69, 9.17) is 21.1 Å². The summed E-state index contributed by atoms with van der Waals surface area (Å²) in [7, 11) is 4.14. The van der Waals surface area contributed by atoms with Crippen LogP contribution in [0.3, 0.4) is 0 Å². The van der Waals surface area contributed by atoms with Gasteiger partial charge < -0.3 is 14.6 Å². The van der Waals surface area contributed by atoms with Crippen LogP contribution >= 0.6 is 11.6 Å². The van der Waals surface area contributed by atoms with E-state index in [0.717, 1.165) is 9.58 Å². The summed E-state index contributed by atoms with van der Waals surface area (Å²) < 4.78 is 28.4. The summed E-state index contributed by atoms with van der Waals surface area (Å²) >= 11 is 6.31. The number of carbonyl (C=O) groups excluding carboxylic acids is 2. The van der Waals surface area contributed by atoms with Gasteiger partial charge in [-0.2, -0.15) is 5.01 Å². The van der Waals surface area contributed by atoms with Crippen LogP contribution in [-0.2, 0) is 28.6 Å². The SMILES string of the molecule is COc1cc([C@H]2C3=CCn4c(=O)n(C)c(=O)n4[C@@H]3C[C@H]3C(=O)N(Nc4ccc(F)cc4)C(=O)[C@@]23c2ccc(Cl)cc2)cc(OC)c1O. The Hall–Kier alpha value is -5.30. The quantitative estimate of drug-likeness (QED) is 0.237. The number of methoxy groups -OCH3 is 2. The Kier molecular flexibility index (Phi) is 7.04. The fourth-order valence-electron chi connectivity index (χ4n) is 7.48. The number of ether oxygens (including phenoxy) is 2. The zero-order valence-corrected chi connectivity index (χ0v) is 26.2. The minimum Gasteiger partial charge on any atom is -0.502 e. The van der Waals surface area contributed by atoms with Crippen LogP contribution in [0, 0.1) is 11.7 Å². The number of hydrogen-bond donors (Lipinski definition) is 2. The summed E-state index contributed by atoms with van der Waals surface area (Å²) in [5.41, 5.74) is 2.03. The number of carbonyl (C=O) groups is 2. The predicted molar refractivity (Wildman–Crippen MR) is 168 cm³/mol. The van der Waals surface area contributed by atoms with Crippen LogP contribution in [0.25, 0.3) is 0 Å². The molecule has 12 nitrogen and oxygen atoms in total. The molecule has 0 radical (unpaired) electrons. The second kappa shape index (κ2) is 10.9. The molecule has 7 rings (SSSR count). The van der Waals surface area contributed by atoms with Gasteiger partial charge in [0.25, 0.3) is 11.8 Å². The molecule has 2 amide bonds. The number of hydrogen-bond acceptors (Lipinski definition) is 8. The Morgan fingerprint density at radius 2 is 1.60 bits per heavy atom. The molecular weight excluding hydrogens is 633 g/mol. The van der Waals surface area contributed by atoms with Crippen LogP contribution < -0.4 is 26.3 Å². The van der Waals surface area contributed by atoms with Gasteiger partial charge in [0.15, 0.2) is 11.5 Å². The van der Waals surface area contributed by atoms with Crippen LogP contribution in [0.4, 0.5) is 10.1 Å². The monoisotopic (exact) mass is 661 g/mol. The smallest absolute Gasteiger partial charge is 0.347 e. The summed E-state index contributed by atoms with van der Waals surface area (Å²) in [6.45, 7) is 0.0324. The molecule has 2 N–H and O–H groups in total. The lowest BCUT2D eigenvalue weighted by Crippen LogP contribution is -2.53. The van der Waals surface area contributed by atoms with E-state index in [0.29, 0.717) is 27.4 Å². The van der Waals surface area contributed by atoms with Crippen molar-refractivity contribution in [2.45, 2.75) is 30.3 Å². The number of phenolic OH excluding ortho intramolecular Hbond substituents is 1. The average molecular weight is 662 g/mol. The zero-order valence-electron chi connectivity index (χ0n) is 25.4. The number of halogens is 2. The molecule has 1 saturated heterocycles. The molecule has 4 atom stereocenters. The van der Waals surface area contributed by atoms with E-state index >= 15 is 4.79 Å². The molecule has 0 spiro atoms. The van der Waals surface area contributed by atoms with Gasteiger partial charge in [-0.1, -0.05) is 29.8 Å². The van der Waals surface area contributed by atoms with Crippen molar-refractivity contribution >= 4 is 29.1 Å². The molecule has 1 aliphatic carbocycles. The highest BCUT2D eigenvalue weighted by Gasteiger charge is 2.69. The van der Waals surface area contributed by atoms with Crippen LogP contribution in [-0.4, -0.2) is 50.1 Å². The second-order valence-corrected chi connectivity index (χ2v) is 12.2. The molecule has 242 valence electrons. The fraction of sp³-hybridized carbons (Fsp3) is 0.273. The van der Waals surface area contributed by atoms with Gasteiger partial charge in [0.05, 0.1) is 43.8 Å². The molecule has 2 fully saturated rings. The average Bonchev–Trinajstić information content (AvgIpc) is 3.42. The van der Waals surface area contributed by atoms with E-state index in [-0.39, 0.29) is 30.2 Å². The number of fused-ring (bicyclic) bond motifs is 4. The third-order valence-electron chi connectivity index (χ3n) is 9.55. The minimum atomic E-state index is -1.62. The lowest BCUT2D eigenvalue weighted by Gasteiger charge is -2.49. The van der Waals surface area contributed by atoms with Gasteiger partial charge in [-0.3, -0.25) is 15.0 Å². The van der Waals surface area contributed by atoms with Crippen molar-refractivity contribution in [2.24, 2.45) is 13.0 Å². The number of imide groups is 1. The highest BCUT2D eigenvalue weighted by Crippen LogP contribution is 2.62. The topological polar surface area (TPSA) is 137 Å². The maximum absolute atomic E-state index is 15.1. The van der Waals surface area contributed by atoms with E-state index < -0.39 is 52.3 Å². The van der Waals surface area contributed by atoms with E-state index in [2.05, 4.69) is 5.43 Å². The van der Waals surface area contributed by atoms with Crippen LogP contribution in [0.15, 0.2) is 81.9 Å². The lowest BCUT2D eigenvalue weighted by molar-refractivity contribution is -0.138. The highest BCUT2D eigenvalue weighted by molar-refractivity contribution is 6.30. The third kappa shape index (κ3) is 4.25. The maximum atomic E-state index is 15.1. The maximum Gasteiger partial charge on any atom is 0.347 e. The van der Waals surface area contributed by atoms with E-state index in [1.807, 2.05) is 6.08 Å². The molecule has 0 unspecified atom stereocenters. The van der Waals surface area contributed by atoms with Crippen molar-refractivity contribution in [3.63, 3.8) is 0 Å². The Balaban J connectivity index is 1.54. The Morgan fingerprint density at radius 1 is 0.957 bits per heavy atom. The first-order valence-corrected chi connectivity index (χ1v) is 15.1. The van der Waals surface area contributed by atoms with Gasteiger partial charge in [0.2, 0.25) is 5.75 Å². The van der Waals surface area contributed by atoms with Crippen LogP contribution in [0.1, 0.15) is 29.5 Å². The summed E-state index contributed by atoms with van der Waals surface area (Å²) in [5, 5.41) is 12.2. The van der Waals surface area contributed by atoms with Crippen molar-refractivity contribution in [1.29, 1.82) is 0 Å². The molecule has 3 aromatic carbocycles. The van der Waals surface area contributed by atoms with Crippen LogP contribution in [0.5, 0.6) is 17.2 Å². The van der Waals surface area contributed by atoms with Gasteiger partial charge in [0.1, 0.15) is 5.82 Å². The molecule has 3 aliphatic rings. The van der Waals surface area contributed by atoms with E-state index in [9.17, 15) is 23.9 Å². The molecule has 1 saturated carbocycles. The molecular formula is C33H29ClFN5O7. The second-order valence-electron chi connectivity index (χ2n) is 11.7. The molecule has 14 heteroatoms. The Morgan fingerprint density at radius 3 is 2.21 bits per heavy atom. The molecule has 2 aliphatic heterocycles. The number of aromatic hydroxyl groups is 1. The van der Waals surface area contributed by atoms with Gasteiger partial charge in [0, 0.05) is 18.0 Å². The lowest BCUT2D eigenvalue weighted by atomic mass is 9.53. The molecule has 1 aromatic heterocycles. The number of phenols is 1. The fourth-order valence-corrected chi connectivity index (χ4v) is 7.61. The Bertz CT molecular complexity index is 2080. The first-order chi connectivity index (χ1) is 22.5.